The second kappa shape index (κ2) is 26.8. The van der Waals surface area contributed by atoms with Gasteiger partial charge in [-0.05, 0) is 163 Å². The van der Waals surface area contributed by atoms with Crippen LogP contribution in [0.5, 0.6) is 34.5 Å². The number of fused-ring (bicyclic) bond motifs is 6. The van der Waals surface area contributed by atoms with E-state index in [1.807, 2.05) is 31.3 Å². The van der Waals surface area contributed by atoms with Crippen LogP contribution in [0.15, 0.2) is 66.3 Å². The lowest BCUT2D eigenvalue weighted by Gasteiger charge is -2.60. The number of rotatable bonds is 23. The van der Waals surface area contributed by atoms with E-state index in [0.29, 0.717) is 103 Å². The van der Waals surface area contributed by atoms with Crippen LogP contribution < -0.4 is 45.0 Å². The molecule has 18 nitrogen and oxygen atoms in total. The molecule has 0 bridgehead atoms. The van der Waals surface area contributed by atoms with Crippen LogP contribution in [0.1, 0.15) is 181 Å². The quantitative estimate of drug-likeness (QED) is 0.0245. The summed E-state index contributed by atoms with van der Waals surface area (Å²) in [6.45, 7) is 7.20. The minimum atomic E-state index is -1.15. The first-order valence-electron chi connectivity index (χ1n) is 34.9. The number of nitrogens with one attached hydrogen (secondary N) is 4. The average molecular weight is 1280 g/mol. The van der Waals surface area contributed by atoms with Crippen molar-refractivity contribution in [3.63, 3.8) is 0 Å². The number of nitrogens with zero attached hydrogens (tertiary/aromatic N) is 1. The van der Waals surface area contributed by atoms with Gasteiger partial charge >= 0.3 is 0 Å². The molecule has 4 heterocycles. The van der Waals surface area contributed by atoms with Gasteiger partial charge in [-0.1, -0.05) is 75.4 Å². The molecule has 0 radical (unpaired) electrons. The standard InChI is InChI=1S/C75H99N5O13/c1-42(32-58(83)44(3)82)18-20-46-15-12-29-75(54(46)24-19-43(2)79-75)93-61-37-59(90-31-30-76-4)50-22-23-51-65-57(78-71(87)68(61)67(50)65)36-60-66(51)69(85)52(41-92-60)47-33-62(89-6)70(86)63(34-47)91-40-49(39-81)74-28-13-17-55(56(74)25-21-45-14-8-9-16-53(45)74)73(26-10-7-11-27-73)80-64(84)35-48(38-77-5)72(80)88/h8-9,14,16,21,25,33-37,42-44,46,49,52,54-56,58,69,71,76-79,81-83,85-87H,7,10-13,15,17-20,22-24,26-32,38-41H2,1-6H3. The topological polar surface area (TPSA) is 253 Å². The molecule has 0 spiro atoms. The Hall–Kier alpha value is -6.22. The van der Waals surface area contributed by atoms with E-state index in [4.69, 9.17) is 23.7 Å². The molecule has 4 aromatic carbocycles. The zero-order valence-electron chi connectivity index (χ0n) is 55.2. The van der Waals surface area contributed by atoms with E-state index in [-0.39, 0.29) is 78.6 Å². The third-order valence-electron chi connectivity index (χ3n) is 23.6. The number of likely N-dealkylation sites (N-methyl/N-ethyl adjacent to an activating group) is 2. The molecular formula is C75H99N5O13. The maximum Gasteiger partial charge on any atom is 0.258 e. The maximum atomic E-state index is 14.4. The number of ether oxygens (including phenoxy) is 5. The number of aliphatic hydroxyl groups is 5. The molecule has 0 aromatic heterocycles. The molecule has 2 amide bonds. The number of hydrogen-bond donors (Lipinski definition) is 10. The van der Waals surface area contributed by atoms with Gasteiger partial charge in [0.2, 0.25) is 5.75 Å². The molecule has 10 N–H and O–H groups in total. The molecule has 13 rings (SSSR count). The summed E-state index contributed by atoms with van der Waals surface area (Å²) in [5.41, 5.74) is 6.66. The molecule has 502 valence electrons. The predicted octanol–water partition coefficient (Wildman–Crippen LogP) is 9.79. The van der Waals surface area contributed by atoms with Crippen molar-refractivity contribution in [3.05, 3.63) is 105 Å². The number of hydrogen-bond acceptors (Lipinski definition) is 17. The monoisotopic (exact) mass is 1280 g/mol. The summed E-state index contributed by atoms with van der Waals surface area (Å²) in [5, 5.41) is 83.9. The molecule has 5 aliphatic carbocycles. The maximum absolute atomic E-state index is 14.4. The first-order chi connectivity index (χ1) is 45.0. The van der Waals surface area contributed by atoms with Gasteiger partial charge in [-0.2, -0.15) is 0 Å². The van der Waals surface area contributed by atoms with E-state index < -0.39 is 53.1 Å². The summed E-state index contributed by atoms with van der Waals surface area (Å²) < 4.78 is 33.8. The van der Waals surface area contributed by atoms with Crippen molar-refractivity contribution < 1.29 is 63.9 Å². The molecule has 4 aliphatic heterocycles. The number of carbonyl (C=O) groups is 2. The van der Waals surface area contributed by atoms with Crippen molar-refractivity contribution in [3.8, 4) is 45.6 Å². The summed E-state index contributed by atoms with van der Waals surface area (Å²) in [4.78, 5) is 30.3. The van der Waals surface area contributed by atoms with Crippen LogP contribution in [-0.4, -0.2) is 138 Å². The second-order valence-electron chi connectivity index (χ2n) is 28.9. The number of amides is 2. The lowest BCUT2D eigenvalue weighted by molar-refractivity contribution is -0.153. The number of carbonyl (C=O) groups excluding carboxylic acids is 2. The number of phenolic OH excluding ortho intramolecular Hbond substituents is 1. The van der Waals surface area contributed by atoms with Crippen molar-refractivity contribution in [1.82, 2.24) is 20.9 Å². The van der Waals surface area contributed by atoms with Crippen LogP contribution in [-0.2, 0) is 27.8 Å². The zero-order valence-corrected chi connectivity index (χ0v) is 55.2. The molecule has 9 aliphatic rings. The lowest BCUT2D eigenvalue weighted by Crippen LogP contribution is -2.65. The van der Waals surface area contributed by atoms with Gasteiger partial charge in [0, 0.05) is 100 Å². The van der Waals surface area contributed by atoms with E-state index in [0.717, 1.165) is 117 Å². The van der Waals surface area contributed by atoms with Crippen molar-refractivity contribution in [2.24, 2.45) is 35.5 Å². The Morgan fingerprint density at radius 1 is 0.839 bits per heavy atom. The molecule has 93 heavy (non-hydrogen) atoms. The van der Waals surface area contributed by atoms with Crippen molar-refractivity contribution in [2.45, 2.75) is 190 Å². The van der Waals surface area contributed by atoms with E-state index >= 15 is 0 Å². The Morgan fingerprint density at radius 2 is 1.62 bits per heavy atom. The first-order valence-corrected chi connectivity index (χ1v) is 34.9. The van der Waals surface area contributed by atoms with Gasteiger partial charge in [0.25, 0.3) is 11.8 Å². The number of aromatic hydroxyl groups is 1. The van der Waals surface area contributed by atoms with Crippen molar-refractivity contribution in [2.75, 3.05) is 66.0 Å². The van der Waals surface area contributed by atoms with Crippen molar-refractivity contribution in [1.29, 1.82) is 0 Å². The number of imide groups is 1. The number of phenols is 1. The third kappa shape index (κ3) is 11.5. The number of allylic oxidation sites excluding steroid dienone is 1. The fourth-order valence-electron chi connectivity index (χ4n) is 19.2. The SMILES string of the molecule is CNCCOc1cc(OC23CCCC(CCC(C)CC(O)C(C)O)C2CCC(C)N3)c2c3c1CCc1c-3c(cc3c1C(O)C(c1cc(OC)c(O)c(OCC(CO)C45CCCC(C6(N7C(=O)C=C(CNC)C7=O)CCCCC6)C4C=Cc4ccccc45)c1)CO3)NC2O. The zero-order chi connectivity index (χ0) is 65.1. The van der Waals surface area contributed by atoms with Gasteiger partial charge in [0.05, 0.1) is 56.3 Å². The van der Waals surface area contributed by atoms with Crippen LogP contribution in [0, 0.1) is 35.5 Å². The van der Waals surface area contributed by atoms with E-state index in [2.05, 4.69) is 59.4 Å². The second-order valence-corrected chi connectivity index (χ2v) is 28.9. The largest absolute Gasteiger partial charge is 0.502 e. The van der Waals surface area contributed by atoms with Crippen LogP contribution >= 0.6 is 0 Å². The van der Waals surface area contributed by atoms with Crippen LogP contribution in [0.3, 0.4) is 0 Å². The van der Waals surface area contributed by atoms with E-state index in [1.54, 1.807) is 31.0 Å². The fraction of sp³-hybridized carbons (Fsp3) is 0.600. The molecule has 4 fully saturated rings. The highest BCUT2D eigenvalue weighted by Crippen LogP contribution is 2.62. The van der Waals surface area contributed by atoms with Crippen molar-refractivity contribution >= 4 is 23.6 Å². The Morgan fingerprint density at radius 3 is 2.40 bits per heavy atom. The van der Waals surface area contributed by atoms with Gasteiger partial charge in [-0.15, -0.1) is 0 Å². The summed E-state index contributed by atoms with van der Waals surface area (Å²) in [5.74, 6) is 0.726. The average Bonchev–Trinajstić information content (AvgIpc) is 1.59. The minimum Gasteiger partial charge on any atom is -0.502 e. The van der Waals surface area contributed by atoms with E-state index in [1.165, 1.54) is 13.2 Å². The molecule has 4 aromatic rings. The third-order valence-corrected chi connectivity index (χ3v) is 23.6. The highest BCUT2D eigenvalue weighted by molar-refractivity contribution is 6.17. The molecule has 14 atom stereocenters. The van der Waals surface area contributed by atoms with Gasteiger partial charge in [0.15, 0.2) is 23.5 Å². The molecular weight excluding hydrogens is 1180 g/mol. The smallest absolute Gasteiger partial charge is 0.258 e. The van der Waals surface area contributed by atoms with Crippen LogP contribution in [0.25, 0.3) is 17.2 Å². The minimum absolute atomic E-state index is 0.00830. The number of benzene rings is 4. The van der Waals surface area contributed by atoms with Gasteiger partial charge in [-0.25, -0.2) is 0 Å². The number of methoxy groups -OCH3 is 1. The Kier molecular flexibility index (Phi) is 18.8. The number of aliphatic hydroxyl groups excluding tert-OH is 5. The van der Waals surface area contributed by atoms with Gasteiger partial charge < -0.3 is 70.3 Å². The normalized spacial score (nSPS) is 29.4. The molecule has 14 unspecified atom stereocenters. The summed E-state index contributed by atoms with van der Waals surface area (Å²) >= 11 is 0. The van der Waals surface area contributed by atoms with Crippen LogP contribution in [0.4, 0.5) is 5.69 Å². The fourth-order valence-corrected chi connectivity index (χ4v) is 19.2. The summed E-state index contributed by atoms with van der Waals surface area (Å²) in [6, 6.07) is 15.9. The van der Waals surface area contributed by atoms with Crippen LogP contribution in [0.2, 0.25) is 0 Å². The predicted molar refractivity (Wildman–Crippen MR) is 356 cm³/mol. The Labute approximate surface area is 547 Å². The Balaban J connectivity index is 0.823. The first kappa shape index (κ1) is 65.4. The lowest BCUT2D eigenvalue weighted by atomic mass is 9.47. The number of anilines is 1. The number of piperidine rings is 1. The van der Waals surface area contributed by atoms with E-state index in [9.17, 15) is 40.2 Å². The Bertz CT molecular complexity index is 3510. The molecule has 18 heteroatoms. The summed E-state index contributed by atoms with van der Waals surface area (Å²) in [7, 11) is 5.17. The molecule has 3 saturated carbocycles. The van der Waals surface area contributed by atoms with Gasteiger partial charge in [0.1, 0.15) is 23.9 Å². The summed E-state index contributed by atoms with van der Waals surface area (Å²) in [6.07, 6.45) is 17.2. The molecule has 1 saturated heterocycles. The highest BCUT2D eigenvalue weighted by Gasteiger charge is 2.61. The van der Waals surface area contributed by atoms with Gasteiger partial charge in [-0.3, -0.25) is 19.8 Å². The highest BCUT2D eigenvalue weighted by atomic mass is 16.5.